The molecule has 1 aliphatic heterocycles. The van der Waals surface area contributed by atoms with E-state index in [1.807, 2.05) is 0 Å². The Bertz CT molecular complexity index is 136. The molecule has 2 heteroatoms. The quantitative estimate of drug-likeness (QED) is 0.636. The Morgan fingerprint density at radius 3 is 2.92 bits per heavy atom. The molecule has 0 saturated carbocycles. The molecule has 1 saturated heterocycles. The van der Waals surface area contributed by atoms with Crippen molar-refractivity contribution in [2.45, 2.75) is 33.1 Å². The minimum atomic E-state index is 0.650. The van der Waals surface area contributed by atoms with Crippen LogP contribution in [0.15, 0.2) is 0 Å². The topological polar surface area (TPSA) is 3.24 Å². The molecule has 1 nitrogen and oxygen atoms in total. The summed E-state index contributed by atoms with van der Waals surface area (Å²) < 4.78 is 0. The number of hydrogen-bond donors (Lipinski definition) is 0. The average Bonchev–Trinajstić information content (AvgIpc) is 2.18. The van der Waals surface area contributed by atoms with E-state index in [4.69, 9.17) is 11.6 Å². The van der Waals surface area contributed by atoms with Crippen molar-refractivity contribution in [3.05, 3.63) is 0 Å². The second kappa shape index (κ2) is 5.87. The average molecular weight is 204 g/mol. The van der Waals surface area contributed by atoms with E-state index in [2.05, 4.69) is 18.7 Å². The number of alkyl halides is 1. The molecule has 1 aliphatic rings. The highest BCUT2D eigenvalue weighted by molar-refractivity contribution is 6.18. The second-order valence-corrected chi connectivity index (χ2v) is 4.74. The van der Waals surface area contributed by atoms with Crippen LogP contribution in [0.2, 0.25) is 0 Å². The van der Waals surface area contributed by atoms with E-state index in [0.717, 1.165) is 11.8 Å². The summed E-state index contributed by atoms with van der Waals surface area (Å²) in [5, 5.41) is 0. The molecule has 1 heterocycles. The van der Waals surface area contributed by atoms with E-state index < -0.39 is 0 Å². The molecule has 0 amide bonds. The number of nitrogens with zero attached hydrogens (tertiary/aromatic N) is 1. The van der Waals surface area contributed by atoms with E-state index in [1.54, 1.807) is 0 Å². The molecule has 0 aromatic heterocycles. The van der Waals surface area contributed by atoms with Crippen LogP contribution in [0.4, 0.5) is 0 Å². The maximum absolute atomic E-state index is 5.81. The van der Waals surface area contributed by atoms with Gasteiger partial charge in [0.25, 0.3) is 0 Å². The third-order valence-electron chi connectivity index (χ3n) is 3.01. The zero-order valence-electron chi connectivity index (χ0n) is 8.93. The van der Waals surface area contributed by atoms with Crippen LogP contribution in [0.5, 0.6) is 0 Å². The van der Waals surface area contributed by atoms with Crippen molar-refractivity contribution in [2.75, 3.05) is 25.5 Å². The first-order valence-electron chi connectivity index (χ1n) is 5.54. The fourth-order valence-electron chi connectivity index (χ4n) is 2.14. The molecule has 13 heavy (non-hydrogen) atoms. The maximum Gasteiger partial charge on any atom is 0.0261 e. The molecule has 0 radical (unpaired) electrons. The molecule has 2 atom stereocenters. The normalized spacial score (nSPS) is 27.5. The summed E-state index contributed by atoms with van der Waals surface area (Å²) in [7, 11) is 0. The van der Waals surface area contributed by atoms with Gasteiger partial charge < -0.3 is 4.90 Å². The summed E-state index contributed by atoms with van der Waals surface area (Å²) in [5.41, 5.74) is 0. The molecule has 1 rings (SSSR count). The lowest BCUT2D eigenvalue weighted by Gasteiger charge is -2.33. The van der Waals surface area contributed by atoms with Crippen LogP contribution in [0.25, 0.3) is 0 Å². The van der Waals surface area contributed by atoms with Crippen LogP contribution in [0, 0.1) is 11.8 Å². The summed E-state index contributed by atoms with van der Waals surface area (Å²) in [6.45, 7) is 8.33. The molecule has 0 aliphatic carbocycles. The zero-order chi connectivity index (χ0) is 9.68. The first-order chi connectivity index (χ1) is 6.26. The van der Waals surface area contributed by atoms with Gasteiger partial charge in [0.1, 0.15) is 0 Å². The van der Waals surface area contributed by atoms with Gasteiger partial charge in [0.15, 0.2) is 0 Å². The van der Waals surface area contributed by atoms with Crippen LogP contribution < -0.4 is 0 Å². The second-order valence-electron chi connectivity index (χ2n) is 4.44. The van der Waals surface area contributed by atoms with Crippen LogP contribution in [-0.2, 0) is 0 Å². The number of rotatable bonds is 4. The Balaban J connectivity index is 2.25. The summed E-state index contributed by atoms with van der Waals surface area (Å²) in [4.78, 5) is 2.59. The van der Waals surface area contributed by atoms with Gasteiger partial charge in [-0.2, -0.15) is 0 Å². The molecule has 0 spiro atoms. The Kier molecular flexibility index (Phi) is 5.12. The van der Waals surface area contributed by atoms with E-state index in [1.165, 1.54) is 38.9 Å². The van der Waals surface area contributed by atoms with Gasteiger partial charge in [-0.15, -0.1) is 11.6 Å². The predicted octanol–water partition coefficient (Wildman–Crippen LogP) is 2.98. The molecule has 78 valence electrons. The van der Waals surface area contributed by atoms with Crippen LogP contribution in [0.1, 0.15) is 33.1 Å². The first-order valence-corrected chi connectivity index (χ1v) is 6.08. The number of likely N-dealkylation sites (tertiary alicyclic amines) is 1. The van der Waals surface area contributed by atoms with Crippen molar-refractivity contribution in [3.8, 4) is 0 Å². The number of halogens is 1. The van der Waals surface area contributed by atoms with Gasteiger partial charge in [-0.25, -0.2) is 0 Å². The summed E-state index contributed by atoms with van der Waals surface area (Å²) >= 11 is 5.81. The molecular weight excluding hydrogens is 182 g/mol. The van der Waals surface area contributed by atoms with Crippen molar-refractivity contribution in [2.24, 2.45) is 11.8 Å². The van der Waals surface area contributed by atoms with Crippen LogP contribution in [-0.4, -0.2) is 30.4 Å². The largest absolute Gasteiger partial charge is 0.303 e. The fourth-order valence-corrected chi connectivity index (χ4v) is 2.24. The monoisotopic (exact) mass is 203 g/mol. The molecule has 0 aromatic rings. The van der Waals surface area contributed by atoms with E-state index in [9.17, 15) is 0 Å². The van der Waals surface area contributed by atoms with E-state index in [0.29, 0.717) is 5.92 Å². The molecule has 2 unspecified atom stereocenters. The minimum Gasteiger partial charge on any atom is -0.303 e. The highest BCUT2D eigenvalue weighted by atomic mass is 35.5. The third kappa shape index (κ3) is 3.86. The van der Waals surface area contributed by atoms with Crippen LogP contribution >= 0.6 is 11.6 Å². The highest BCUT2D eigenvalue weighted by Gasteiger charge is 2.19. The van der Waals surface area contributed by atoms with Gasteiger partial charge in [0.2, 0.25) is 0 Å². The Morgan fingerprint density at radius 1 is 1.54 bits per heavy atom. The Hall–Kier alpha value is 0.250. The maximum atomic E-state index is 5.81. The zero-order valence-corrected chi connectivity index (χ0v) is 9.69. The highest BCUT2D eigenvalue weighted by Crippen LogP contribution is 2.19. The SMILES string of the molecule is CCC1CCCN(CC(C)CCl)C1. The Labute approximate surface area is 87.4 Å². The van der Waals surface area contributed by atoms with Gasteiger partial charge >= 0.3 is 0 Å². The van der Waals surface area contributed by atoms with Crippen molar-refractivity contribution >= 4 is 11.6 Å². The van der Waals surface area contributed by atoms with Crippen molar-refractivity contribution < 1.29 is 0 Å². The molecule has 0 N–H and O–H groups in total. The summed E-state index contributed by atoms with van der Waals surface area (Å²) in [5.74, 6) is 2.39. The van der Waals surface area contributed by atoms with E-state index >= 15 is 0 Å². The van der Waals surface area contributed by atoms with Gasteiger partial charge in [0.05, 0.1) is 0 Å². The minimum absolute atomic E-state index is 0.650. The van der Waals surface area contributed by atoms with Gasteiger partial charge in [-0.05, 0) is 31.2 Å². The fraction of sp³-hybridized carbons (Fsp3) is 1.00. The lowest BCUT2D eigenvalue weighted by molar-refractivity contribution is 0.157. The molecule has 0 aromatic carbocycles. The third-order valence-corrected chi connectivity index (χ3v) is 3.54. The number of hydrogen-bond acceptors (Lipinski definition) is 1. The predicted molar refractivity (Wildman–Crippen MR) is 59.3 cm³/mol. The smallest absolute Gasteiger partial charge is 0.0261 e. The van der Waals surface area contributed by atoms with Gasteiger partial charge in [0, 0.05) is 19.0 Å². The Morgan fingerprint density at radius 2 is 2.31 bits per heavy atom. The van der Waals surface area contributed by atoms with Gasteiger partial charge in [-0.3, -0.25) is 0 Å². The van der Waals surface area contributed by atoms with Crippen LogP contribution in [0.3, 0.4) is 0 Å². The standard InChI is InChI=1S/C11H22ClN/c1-3-11-5-4-6-13(9-11)8-10(2)7-12/h10-11H,3-9H2,1-2H3. The van der Waals surface area contributed by atoms with Crippen molar-refractivity contribution in [1.29, 1.82) is 0 Å². The van der Waals surface area contributed by atoms with E-state index in [-0.39, 0.29) is 0 Å². The van der Waals surface area contributed by atoms with Crippen molar-refractivity contribution in [3.63, 3.8) is 0 Å². The van der Waals surface area contributed by atoms with Crippen molar-refractivity contribution in [1.82, 2.24) is 4.90 Å². The lowest BCUT2D eigenvalue weighted by Crippen LogP contribution is -2.38. The first kappa shape index (κ1) is 11.3. The molecule has 0 bridgehead atoms. The summed E-state index contributed by atoms with van der Waals surface area (Å²) in [6, 6.07) is 0. The molecular formula is C11H22ClN. The molecule has 1 fully saturated rings. The lowest BCUT2D eigenvalue weighted by atomic mass is 9.95. The van der Waals surface area contributed by atoms with Gasteiger partial charge in [-0.1, -0.05) is 20.3 Å². The number of piperidine rings is 1. The summed E-state index contributed by atoms with van der Waals surface area (Å²) in [6.07, 6.45) is 4.15.